The van der Waals surface area contributed by atoms with Crippen molar-refractivity contribution in [2.45, 2.75) is 6.42 Å². The van der Waals surface area contributed by atoms with Crippen molar-refractivity contribution in [2.24, 2.45) is 0 Å². The molecule has 3 aromatic rings. The van der Waals surface area contributed by atoms with E-state index in [1.807, 2.05) is 42.6 Å². The third kappa shape index (κ3) is 3.83. The van der Waals surface area contributed by atoms with Crippen LogP contribution in [0.2, 0.25) is 0 Å². The number of aromatic nitrogens is 1. The van der Waals surface area contributed by atoms with Gasteiger partial charge in [0.25, 0.3) is 0 Å². The number of carbonyl (C=O) groups is 1. The molecule has 2 N–H and O–H groups in total. The number of pyridine rings is 1. The minimum atomic E-state index is -0.00618. The summed E-state index contributed by atoms with van der Waals surface area (Å²) < 4.78 is 0. The van der Waals surface area contributed by atoms with Crippen LogP contribution in [0, 0.1) is 0 Å². The summed E-state index contributed by atoms with van der Waals surface area (Å²) in [5.74, 6) is -0.00618. The Morgan fingerprint density at radius 3 is 2.65 bits per heavy atom. The van der Waals surface area contributed by atoms with E-state index in [1.54, 1.807) is 6.20 Å². The van der Waals surface area contributed by atoms with E-state index >= 15 is 0 Å². The summed E-state index contributed by atoms with van der Waals surface area (Å²) in [6.45, 7) is 4.06. The van der Waals surface area contributed by atoms with Crippen LogP contribution in [-0.4, -0.2) is 37.1 Å². The van der Waals surface area contributed by atoms with E-state index in [4.69, 9.17) is 0 Å². The fraction of sp³-hybridized carbons (Fsp3) is 0.238. The summed E-state index contributed by atoms with van der Waals surface area (Å²) in [7, 11) is 0. The van der Waals surface area contributed by atoms with Gasteiger partial charge in [-0.25, -0.2) is 0 Å². The molecule has 5 heteroatoms. The molecule has 0 bridgehead atoms. The second-order valence-corrected chi connectivity index (χ2v) is 6.57. The number of benzene rings is 2. The van der Waals surface area contributed by atoms with Crippen LogP contribution >= 0.6 is 0 Å². The van der Waals surface area contributed by atoms with Gasteiger partial charge in [0, 0.05) is 55.3 Å². The SMILES string of the molecule is O=C(Cc1ccc2cnccc2c1)Nc1ccc(N2CCNCC2)cc1. The predicted octanol–water partition coefficient (Wildman–Crippen LogP) is 2.83. The van der Waals surface area contributed by atoms with Gasteiger partial charge >= 0.3 is 0 Å². The lowest BCUT2D eigenvalue weighted by molar-refractivity contribution is -0.115. The quantitative estimate of drug-likeness (QED) is 0.763. The number of hydrogen-bond donors (Lipinski definition) is 2. The first kappa shape index (κ1) is 16.5. The highest BCUT2D eigenvalue weighted by molar-refractivity contribution is 5.93. The van der Waals surface area contributed by atoms with Crippen LogP contribution in [0.4, 0.5) is 11.4 Å². The van der Waals surface area contributed by atoms with Crippen molar-refractivity contribution in [2.75, 3.05) is 36.4 Å². The molecule has 26 heavy (non-hydrogen) atoms. The lowest BCUT2D eigenvalue weighted by atomic mass is 10.1. The molecule has 1 aliphatic rings. The van der Waals surface area contributed by atoms with Gasteiger partial charge in [-0.3, -0.25) is 9.78 Å². The highest BCUT2D eigenvalue weighted by Gasteiger charge is 2.10. The van der Waals surface area contributed by atoms with Crippen molar-refractivity contribution >= 4 is 28.1 Å². The Bertz CT molecular complexity index is 901. The monoisotopic (exact) mass is 346 g/mol. The van der Waals surface area contributed by atoms with E-state index in [0.29, 0.717) is 6.42 Å². The van der Waals surface area contributed by atoms with Gasteiger partial charge in [-0.15, -0.1) is 0 Å². The highest BCUT2D eigenvalue weighted by atomic mass is 16.1. The summed E-state index contributed by atoms with van der Waals surface area (Å²) in [6, 6.07) is 16.1. The Kier molecular flexibility index (Phi) is 4.80. The summed E-state index contributed by atoms with van der Waals surface area (Å²) >= 11 is 0. The van der Waals surface area contributed by atoms with Gasteiger partial charge in [0.15, 0.2) is 0 Å². The van der Waals surface area contributed by atoms with Gasteiger partial charge in [-0.05, 0) is 41.3 Å². The van der Waals surface area contributed by atoms with Gasteiger partial charge in [0.05, 0.1) is 6.42 Å². The third-order valence-electron chi connectivity index (χ3n) is 4.70. The van der Waals surface area contributed by atoms with Crippen molar-refractivity contribution in [3.8, 4) is 0 Å². The Morgan fingerprint density at radius 2 is 1.85 bits per heavy atom. The minimum absolute atomic E-state index is 0.00618. The molecular formula is C21H22N4O. The van der Waals surface area contributed by atoms with E-state index < -0.39 is 0 Å². The predicted molar refractivity (Wildman–Crippen MR) is 106 cm³/mol. The van der Waals surface area contributed by atoms with Crippen molar-refractivity contribution in [1.29, 1.82) is 0 Å². The zero-order valence-electron chi connectivity index (χ0n) is 14.6. The molecule has 0 saturated carbocycles. The first-order chi connectivity index (χ1) is 12.8. The second-order valence-electron chi connectivity index (χ2n) is 6.57. The molecule has 0 radical (unpaired) electrons. The molecule has 1 aliphatic heterocycles. The topological polar surface area (TPSA) is 57.3 Å². The van der Waals surface area contributed by atoms with Crippen LogP contribution < -0.4 is 15.5 Å². The molecule has 2 heterocycles. The zero-order valence-corrected chi connectivity index (χ0v) is 14.6. The molecule has 0 unspecified atom stereocenters. The summed E-state index contributed by atoms with van der Waals surface area (Å²) in [4.78, 5) is 18.8. The van der Waals surface area contributed by atoms with Gasteiger partial charge in [0.1, 0.15) is 0 Å². The smallest absolute Gasteiger partial charge is 0.228 e. The van der Waals surface area contributed by atoms with Gasteiger partial charge in [-0.2, -0.15) is 0 Å². The normalized spacial score (nSPS) is 14.4. The van der Waals surface area contributed by atoms with E-state index in [9.17, 15) is 4.79 Å². The van der Waals surface area contributed by atoms with E-state index in [1.165, 1.54) is 5.69 Å². The number of nitrogens with zero attached hydrogens (tertiary/aromatic N) is 2. The lowest BCUT2D eigenvalue weighted by Gasteiger charge is -2.29. The molecule has 1 amide bonds. The second kappa shape index (κ2) is 7.54. The first-order valence-corrected chi connectivity index (χ1v) is 8.96. The lowest BCUT2D eigenvalue weighted by Crippen LogP contribution is -2.43. The Labute approximate surface area is 153 Å². The number of amides is 1. The Hall–Kier alpha value is -2.92. The molecule has 0 atom stereocenters. The first-order valence-electron chi connectivity index (χ1n) is 8.96. The maximum absolute atomic E-state index is 12.4. The standard InChI is InChI=1S/C21H22N4O/c26-21(14-16-1-2-18-15-23-8-7-17(18)13-16)24-19-3-5-20(6-4-19)25-11-9-22-10-12-25/h1-8,13,15,22H,9-12,14H2,(H,24,26). The number of anilines is 2. The maximum Gasteiger partial charge on any atom is 0.228 e. The Morgan fingerprint density at radius 1 is 1.04 bits per heavy atom. The molecule has 0 aliphatic carbocycles. The number of carbonyl (C=O) groups excluding carboxylic acids is 1. The van der Waals surface area contributed by atoms with Gasteiger partial charge in [-0.1, -0.05) is 18.2 Å². The summed E-state index contributed by atoms with van der Waals surface area (Å²) in [5.41, 5.74) is 3.03. The van der Waals surface area contributed by atoms with E-state index in [-0.39, 0.29) is 5.91 Å². The van der Waals surface area contributed by atoms with Crippen molar-refractivity contribution in [3.63, 3.8) is 0 Å². The molecular weight excluding hydrogens is 324 g/mol. The molecule has 0 spiro atoms. The summed E-state index contributed by atoms with van der Waals surface area (Å²) in [6.07, 6.45) is 3.96. The van der Waals surface area contributed by atoms with E-state index in [0.717, 1.165) is 48.2 Å². The number of fused-ring (bicyclic) bond motifs is 1. The molecule has 1 saturated heterocycles. The van der Waals surface area contributed by atoms with Crippen LogP contribution in [0.15, 0.2) is 60.9 Å². The molecule has 1 aromatic heterocycles. The van der Waals surface area contributed by atoms with Crippen molar-refractivity contribution in [3.05, 3.63) is 66.5 Å². The Balaban J connectivity index is 1.39. The van der Waals surface area contributed by atoms with E-state index in [2.05, 4.69) is 32.7 Å². The number of nitrogens with one attached hydrogen (secondary N) is 2. The van der Waals surface area contributed by atoms with Crippen molar-refractivity contribution in [1.82, 2.24) is 10.3 Å². The molecule has 132 valence electrons. The largest absolute Gasteiger partial charge is 0.369 e. The van der Waals surface area contributed by atoms with Crippen LogP contribution in [0.25, 0.3) is 10.8 Å². The van der Waals surface area contributed by atoms with Crippen LogP contribution in [0.5, 0.6) is 0 Å². The molecule has 1 fully saturated rings. The maximum atomic E-state index is 12.4. The minimum Gasteiger partial charge on any atom is -0.369 e. The number of hydrogen-bond acceptors (Lipinski definition) is 4. The van der Waals surface area contributed by atoms with Crippen molar-refractivity contribution < 1.29 is 4.79 Å². The summed E-state index contributed by atoms with van der Waals surface area (Å²) in [5, 5.41) is 8.53. The highest BCUT2D eigenvalue weighted by Crippen LogP contribution is 2.19. The fourth-order valence-corrected chi connectivity index (χ4v) is 3.31. The zero-order chi connectivity index (χ0) is 17.8. The fourth-order valence-electron chi connectivity index (χ4n) is 3.31. The van der Waals surface area contributed by atoms with Crippen LogP contribution in [-0.2, 0) is 11.2 Å². The van der Waals surface area contributed by atoms with Crippen LogP contribution in [0.1, 0.15) is 5.56 Å². The third-order valence-corrected chi connectivity index (χ3v) is 4.70. The average Bonchev–Trinajstić information content (AvgIpc) is 2.69. The van der Waals surface area contributed by atoms with Gasteiger partial charge < -0.3 is 15.5 Å². The van der Waals surface area contributed by atoms with Gasteiger partial charge in [0.2, 0.25) is 5.91 Å². The average molecular weight is 346 g/mol. The molecule has 2 aromatic carbocycles. The molecule has 4 rings (SSSR count). The number of piperazine rings is 1. The number of rotatable bonds is 4. The van der Waals surface area contributed by atoms with Crippen LogP contribution in [0.3, 0.4) is 0 Å². The molecule has 5 nitrogen and oxygen atoms in total.